The van der Waals surface area contributed by atoms with Gasteiger partial charge < -0.3 is 9.80 Å². The molecule has 1 aromatic carbocycles. The van der Waals surface area contributed by atoms with Crippen molar-refractivity contribution in [1.82, 2.24) is 24.3 Å². The molecule has 1 atom stereocenters. The van der Waals surface area contributed by atoms with Crippen LogP contribution in [0, 0.1) is 0 Å². The number of hydrogen-bond acceptors (Lipinski definition) is 4. The molecule has 0 aliphatic carbocycles. The number of benzene rings is 1. The number of nitrogens with zero attached hydrogens (tertiary/aromatic N) is 5. The number of rotatable bonds is 3. The molecule has 4 rings (SSSR count). The van der Waals surface area contributed by atoms with Crippen LogP contribution in [0.1, 0.15) is 22.0 Å². The van der Waals surface area contributed by atoms with Crippen LogP contribution in [0.5, 0.6) is 0 Å². The fourth-order valence-electron chi connectivity index (χ4n) is 3.38. The largest absolute Gasteiger partial charge is 0.329 e. The van der Waals surface area contributed by atoms with Gasteiger partial charge in [0, 0.05) is 43.8 Å². The fourth-order valence-corrected chi connectivity index (χ4v) is 3.38. The average molecular weight is 347 g/mol. The van der Waals surface area contributed by atoms with E-state index in [4.69, 9.17) is 0 Å². The molecule has 3 heterocycles. The Labute approximate surface area is 152 Å². The Balaban J connectivity index is 1.65. The Morgan fingerprint density at radius 2 is 1.96 bits per heavy atom. The van der Waals surface area contributed by atoms with Crippen molar-refractivity contribution in [2.75, 3.05) is 26.7 Å². The van der Waals surface area contributed by atoms with Gasteiger partial charge in [-0.3, -0.25) is 9.36 Å². The number of piperazine rings is 1. The minimum atomic E-state index is 0.0377. The Bertz CT molecular complexity index is 878. The molecule has 132 valence electrons. The zero-order valence-corrected chi connectivity index (χ0v) is 14.7. The van der Waals surface area contributed by atoms with E-state index >= 15 is 0 Å². The molecule has 1 fully saturated rings. The van der Waals surface area contributed by atoms with E-state index in [2.05, 4.69) is 34.0 Å². The number of carbonyl (C=O) groups is 1. The summed E-state index contributed by atoms with van der Waals surface area (Å²) < 4.78 is 1.80. The van der Waals surface area contributed by atoms with Gasteiger partial charge in [0.2, 0.25) is 0 Å². The number of imidazole rings is 1. The highest BCUT2D eigenvalue weighted by Crippen LogP contribution is 2.26. The third-order valence-corrected chi connectivity index (χ3v) is 4.79. The zero-order valence-electron chi connectivity index (χ0n) is 14.7. The maximum atomic E-state index is 13.3. The van der Waals surface area contributed by atoms with E-state index in [0.29, 0.717) is 17.9 Å². The molecule has 0 unspecified atom stereocenters. The highest BCUT2D eigenvalue weighted by atomic mass is 16.2. The normalized spacial score (nSPS) is 18.0. The standard InChI is InChI=1S/C20H21N5O/c1-23-11-12-25(18(14-23)16-5-3-2-4-6-16)20(26)17-7-8-22-19(13-17)24-10-9-21-15-24/h2-10,13,15,18H,11-12,14H2,1H3/t18-/m1/s1. The van der Waals surface area contributed by atoms with Gasteiger partial charge in [0.05, 0.1) is 6.04 Å². The van der Waals surface area contributed by atoms with Crippen LogP contribution >= 0.6 is 0 Å². The van der Waals surface area contributed by atoms with E-state index in [0.717, 1.165) is 18.7 Å². The molecule has 0 N–H and O–H groups in total. The van der Waals surface area contributed by atoms with Gasteiger partial charge in [-0.05, 0) is 24.7 Å². The Kier molecular flexibility index (Phi) is 4.50. The highest BCUT2D eigenvalue weighted by molar-refractivity contribution is 5.95. The predicted molar refractivity (Wildman–Crippen MR) is 99.1 cm³/mol. The average Bonchev–Trinajstić information content (AvgIpc) is 3.23. The summed E-state index contributed by atoms with van der Waals surface area (Å²) in [6.07, 6.45) is 6.87. The van der Waals surface area contributed by atoms with Crippen LogP contribution in [0.15, 0.2) is 67.4 Å². The summed E-state index contributed by atoms with van der Waals surface area (Å²) in [6, 6.07) is 13.9. The topological polar surface area (TPSA) is 54.3 Å². The molecule has 26 heavy (non-hydrogen) atoms. The van der Waals surface area contributed by atoms with Gasteiger partial charge in [-0.25, -0.2) is 9.97 Å². The Hall–Kier alpha value is -2.99. The van der Waals surface area contributed by atoms with E-state index in [9.17, 15) is 4.79 Å². The van der Waals surface area contributed by atoms with Crippen molar-refractivity contribution < 1.29 is 4.79 Å². The minimum Gasteiger partial charge on any atom is -0.329 e. The Morgan fingerprint density at radius 1 is 1.12 bits per heavy atom. The molecule has 6 nitrogen and oxygen atoms in total. The lowest BCUT2D eigenvalue weighted by molar-refractivity contribution is 0.0498. The van der Waals surface area contributed by atoms with E-state index in [-0.39, 0.29) is 11.9 Å². The van der Waals surface area contributed by atoms with Crippen molar-refractivity contribution in [3.63, 3.8) is 0 Å². The summed E-state index contributed by atoms with van der Waals surface area (Å²) in [7, 11) is 2.10. The van der Waals surface area contributed by atoms with Crippen molar-refractivity contribution in [2.45, 2.75) is 6.04 Å². The molecule has 0 spiro atoms. The molecule has 1 saturated heterocycles. The van der Waals surface area contributed by atoms with E-state index < -0.39 is 0 Å². The molecule has 1 amide bonds. The number of amides is 1. The van der Waals surface area contributed by atoms with Crippen LogP contribution in [0.4, 0.5) is 0 Å². The number of likely N-dealkylation sites (N-methyl/N-ethyl adjacent to an activating group) is 1. The van der Waals surface area contributed by atoms with E-state index in [1.807, 2.05) is 35.4 Å². The van der Waals surface area contributed by atoms with Crippen LogP contribution in [-0.4, -0.2) is 56.9 Å². The maximum Gasteiger partial charge on any atom is 0.254 e. The molecular formula is C20H21N5O. The van der Waals surface area contributed by atoms with Crippen molar-refractivity contribution in [1.29, 1.82) is 0 Å². The highest BCUT2D eigenvalue weighted by Gasteiger charge is 2.30. The number of carbonyl (C=O) groups excluding carboxylic acids is 1. The summed E-state index contributed by atoms with van der Waals surface area (Å²) in [5.74, 6) is 0.731. The van der Waals surface area contributed by atoms with Crippen LogP contribution in [0.25, 0.3) is 5.82 Å². The molecule has 0 saturated carbocycles. The SMILES string of the molecule is CN1CCN(C(=O)c2ccnc(-n3ccnc3)c2)[C@@H](c2ccccc2)C1. The summed E-state index contributed by atoms with van der Waals surface area (Å²) >= 11 is 0. The van der Waals surface area contributed by atoms with Gasteiger partial charge in [-0.15, -0.1) is 0 Å². The molecular weight excluding hydrogens is 326 g/mol. The lowest BCUT2D eigenvalue weighted by Crippen LogP contribution is -2.49. The number of hydrogen-bond donors (Lipinski definition) is 0. The van der Waals surface area contributed by atoms with Crippen LogP contribution in [0.3, 0.4) is 0 Å². The van der Waals surface area contributed by atoms with Crippen molar-refractivity contribution in [3.8, 4) is 5.82 Å². The summed E-state index contributed by atoms with van der Waals surface area (Å²) in [5.41, 5.74) is 1.81. The smallest absolute Gasteiger partial charge is 0.254 e. The monoisotopic (exact) mass is 347 g/mol. The molecule has 6 heteroatoms. The molecule has 3 aromatic rings. The van der Waals surface area contributed by atoms with Crippen LogP contribution in [-0.2, 0) is 0 Å². The fraction of sp³-hybridized carbons (Fsp3) is 0.250. The van der Waals surface area contributed by atoms with Gasteiger partial charge in [0.25, 0.3) is 5.91 Å². The zero-order chi connectivity index (χ0) is 17.9. The lowest BCUT2D eigenvalue weighted by atomic mass is 10.0. The summed E-state index contributed by atoms with van der Waals surface area (Å²) in [5, 5.41) is 0. The van der Waals surface area contributed by atoms with E-state index in [1.165, 1.54) is 0 Å². The molecule has 1 aliphatic rings. The van der Waals surface area contributed by atoms with E-state index in [1.54, 1.807) is 29.4 Å². The van der Waals surface area contributed by atoms with Crippen molar-refractivity contribution in [2.24, 2.45) is 0 Å². The van der Waals surface area contributed by atoms with Crippen LogP contribution in [0.2, 0.25) is 0 Å². The van der Waals surface area contributed by atoms with Crippen LogP contribution < -0.4 is 0 Å². The second-order valence-electron chi connectivity index (χ2n) is 6.56. The predicted octanol–water partition coefficient (Wildman–Crippen LogP) is 2.40. The molecule has 1 aliphatic heterocycles. The number of pyridine rings is 1. The lowest BCUT2D eigenvalue weighted by Gasteiger charge is -2.40. The van der Waals surface area contributed by atoms with Crippen molar-refractivity contribution >= 4 is 5.91 Å². The molecule has 2 aromatic heterocycles. The minimum absolute atomic E-state index is 0.0377. The summed E-state index contributed by atoms with van der Waals surface area (Å²) in [6.45, 7) is 2.40. The van der Waals surface area contributed by atoms with Gasteiger partial charge in [-0.2, -0.15) is 0 Å². The van der Waals surface area contributed by atoms with Gasteiger partial charge in [0.1, 0.15) is 12.1 Å². The quantitative estimate of drug-likeness (QED) is 0.730. The number of aromatic nitrogens is 3. The maximum absolute atomic E-state index is 13.3. The van der Waals surface area contributed by atoms with Gasteiger partial charge >= 0.3 is 0 Å². The second-order valence-corrected chi connectivity index (χ2v) is 6.56. The first-order valence-electron chi connectivity index (χ1n) is 8.71. The van der Waals surface area contributed by atoms with Gasteiger partial charge in [-0.1, -0.05) is 30.3 Å². The first-order chi connectivity index (χ1) is 12.7. The summed E-state index contributed by atoms with van der Waals surface area (Å²) in [4.78, 5) is 25.9. The second kappa shape index (κ2) is 7.09. The molecule has 0 radical (unpaired) electrons. The first kappa shape index (κ1) is 16.5. The Morgan fingerprint density at radius 3 is 2.73 bits per heavy atom. The van der Waals surface area contributed by atoms with Crippen molar-refractivity contribution in [3.05, 3.63) is 78.5 Å². The molecule has 0 bridgehead atoms. The third kappa shape index (κ3) is 3.23. The van der Waals surface area contributed by atoms with Gasteiger partial charge in [0.15, 0.2) is 0 Å². The first-order valence-corrected chi connectivity index (χ1v) is 8.71. The third-order valence-electron chi connectivity index (χ3n) is 4.79.